The number of nitrogens with one attached hydrogen (secondary N) is 1. The van der Waals surface area contributed by atoms with Gasteiger partial charge in [0.1, 0.15) is 14.8 Å². The van der Waals surface area contributed by atoms with E-state index in [1.165, 1.54) is 0 Å². The molecule has 0 radical (unpaired) electrons. The first-order valence-electron chi connectivity index (χ1n) is 4.98. The van der Waals surface area contributed by atoms with Crippen molar-refractivity contribution in [3.8, 4) is 0 Å². The Balaban J connectivity index is 1.78. The number of hydrogen-bond donors (Lipinski definition) is 1. The summed E-state index contributed by atoms with van der Waals surface area (Å²) >= 11 is 1.62. The van der Waals surface area contributed by atoms with Crippen LogP contribution in [0.5, 0.6) is 0 Å². The molecule has 0 aliphatic carbocycles. The molecule has 0 saturated carbocycles. The average molecular weight is 246 g/mol. The lowest BCUT2D eigenvalue weighted by atomic mass is 10.1. The second-order valence-corrected chi connectivity index (χ2v) is 7.02. The third-order valence-corrected chi connectivity index (χ3v) is 5.08. The highest BCUT2D eigenvalue weighted by Gasteiger charge is 2.22. The van der Waals surface area contributed by atoms with Crippen LogP contribution in [0.25, 0.3) is 0 Å². The van der Waals surface area contributed by atoms with Gasteiger partial charge in [-0.15, -0.1) is 11.3 Å². The van der Waals surface area contributed by atoms with Crippen molar-refractivity contribution in [3.63, 3.8) is 0 Å². The van der Waals surface area contributed by atoms with Gasteiger partial charge in [-0.25, -0.2) is 13.4 Å². The van der Waals surface area contributed by atoms with Gasteiger partial charge >= 0.3 is 0 Å². The van der Waals surface area contributed by atoms with E-state index in [4.69, 9.17) is 0 Å². The molecule has 6 heteroatoms. The van der Waals surface area contributed by atoms with Crippen molar-refractivity contribution in [1.82, 2.24) is 10.3 Å². The Morgan fingerprint density at radius 3 is 2.80 bits per heavy atom. The molecule has 84 valence electrons. The Morgan fingerprint density at radius 2 is 2.20 bits per heavy atom. The van der Waals surface area contributed by atoms with Crippen LogP contribution < -0.4 is 5.32 Å². The Kier molecular flexibility index (Phi) is 3.38. The zero-order chi connectivity index (χ0) is 10.7. The summed E-state index contributed by atoms with van der Waals surface area (Å²) in [5, 5.41) is 6.35. The fourth-order valence-electron chi connectivity index (χ4n) is 1.67. The summed E-state index contributed by atoms with van der Waals surface area (Å²) in [5.74, 6) is 0.644. The molecule has 15 heavy (non-hydrogen) atoms. The van der Waals surface area contributed by atoms with Crippen molar-refractivity contribution < 1.29 is 8.42 Å². The van der Waals surface area contributed by atoms with E-state index in [1.54, 1.807) is 17.5 Å². The molecule has 0 bridgehead atoms. The molecule has 2 rings (SSSR count). The highest BCUT2D eigenvalue weighted by Crippen LogP contribution is 2.13. The number of thiazole rings is 1. The topological polar surface area (TPSA) is 59.1 Å². The molecule has 0 aromatic carbocycles. The molecule has 1 aromatic heterocycles. The van der Waals surface area contributed by atoms with Crippen LogP contribution in [-0.2, 0) is 16.4 Å². The van der Waals surface area contributed by atoms with E-state index < -0.39 is 9.84 Å². The van der Waals surface area contributed by atoms with Gasteiger partial charge in [0.2, 0.25) is 0 Å². The Labute approximate surface area is 93.7 Å². The Bertz CT molecular complexity index is 386. The maximum absolute atomic E-state index is 11.2. The summed E-state index contributed by atoms with van der Waals surface area (Å²) in [5.41, 5.74) is 0. The largest absolute Gasteiger partial charge is 0.308 e. The Hall–Kier alpha value is -0.460. The van der Waals surface area contributed by atoms with Gasteiger partial charge < -0.3 is 5.32 Å². The fraction of sp³-hybridized carbons (Fsp3) is 0.667. The van der Waals surface area contributed by atoms with E-state index in [-0.39, 0.29) is 0 Å². The van der Waals surface area contributed by atoms with Gasteiger partial charge in [0.25, 0.3) is 0 Å². The molecule has 1 N–H and O–H groups in total. The van der Waals surface area contributed by atoms with Crippen LogP contribution in [0.1, 0.15) is 17.8 Å². The highest BCUT2D eigenvalue weighted by molar-refractivity contribution is 7.91. The number of aromatic nitrogens is 1. The van der Waals surface area contributed by atoms with Crippen molar-refractivity contribution in [2.75, 3.05) is 11.5 Å². The zero-order valence-electron chi connectivity index (χ0n) is 8.35. The smallest absolute Gasteiger partial charge is 0.150 e. The van der Waals surface area contributed by atoms with Gasteiger partial charge in [-0.1, -0.05) is 0 Å². The average Bonchev–Trinajstić information content (AvgIpc) is 2.69. The minimum atomic E-state index is -2.74. The quantitative estimate of drug-likeness (QED) is 0.857. The van der Waals surface area contributed by atoms with Crippen LogP contribution in [0.3, 0.4) is 0 Å². The summed E-state index contributed by atoms with van der Waals surface area (Å²) in [6.45, 7) is 0.752. The standard InChI is InChI=1S/C9H14N2O2S2/c12-15(13)5-1-8(2-6-15)11-7-9-10-3-4-14-9/h3-4,8,11H,1-2,5-7H2. The van der Waals surface area contributed by atoms with Crippen molar-refractivity contribution in [1.29, 1.82) is 0 Å². The molecule has 0 atom stereocenters. The van der Waals surface area contributed by atoms with E-state index in [0.29, 0.717) is 17.5 Å². The highest BCUT2D eigenvalue weighted by atomic mass is 32.2. The van der Waals surface area contributed by atoms with Gasteiger partial charge in [0, 0.05) is 24.2 Å². The lowest BCUT2D eigenvalue weighted by Crippen LogP contribution is -2.37. The second-order valence-electron chi connectivity index (χ2n) is 3.73. The molecule has 1 aliphatic rings. The third kappa shape index (κ3) is 3.25. The normalized spacial score (nSPS) is 21.6. The van der Waals surface area contributed by atoms with Crippen molar-refractivity contribution in [3.05, 3.63) is 16.6 Å². The molecule has 2 heterocycles. The van der Waals surface area contributed by atoms with Crippen molar-refractivity contribution in [2.45, 2.75) is 25.4 Å². The minimum absolute atomic E-state index is 0.322. The van der Waals surface area contributed by atoms with Gasteiger partial charge in [0.05, 0.1) is 11.5 Å². The number of sulfone groups is 1. The summed E-state index contributed by atoms with van der Waals surface area (Å²) in [4.78, 5) is 4.17. The number of rotatable bonds is 3. The van der Waals surface area contributed by atoms with Crippen LogP contribution in [-0.4, -0.2) is 30.9 Å². The predicted molar refractivity (Wildman–Crippen MR) is 60.6 cm³/mol. The summed E-state index contributed by atoms with van der Waals surface area (Å²) in [6.07, 6.45) is 3.24. The van der Waals surface area contributed by atoms with Gasteiger partial charge in [-0.2, -0.15) is 0 Å². The van der Waals surface area contributed by atoms with Crippen LogP contribution in [0.2, 0.25) is 0 Å². The first kappa shape index (κ1) is 11.0. The molecule has 0 unspecified atom stereocenters. The van der Waals surface area contributed by atoms with E-state index in [0.717, 1.165) is 24.4 Å². The van der Waals surface area contributed by atoms with Gasteiger partial charge in [-0.3, -0.25) is 0 Å². The summed E-state index contributed by atoms with van der Waals surface area (Å²) < 4.78 is 22.4. The predicted octanol–water partition coefficient (Wildman–Crippen LogP) is 0.810. The van der Waals surface area contributed by atoms with Crippen LogP contribution in [0.15, 0.2) is 11.6 Å². The van der Waals surface area contributed by atoms with Gasteiger partial charge in [0.15, 0.2) is 0 Å². The molecule has 4 nitrogen and oxygen atoms in total. The zero-order valence-corrected chi connectivity index (χ0v) is 9.98. The van der Waals surface area contributed by atoms with Crippen LogP contribution in [0, 0.1) is 0 Å². The number of nitrogens with zero attached hydrogens (tertiary/aromatic N) is 1. The summed E-state index contributed by atoms with van der Waals surface area (Å²) in [6, 6.07) is 0.331. The monoisotopic (exact) mass is 246 g/mol. The summed E-state index contributed by atoms with van der Waals surface area (Å²) in [7, 11) is -2.74. The molecule has 1 saturated heterocycles. The molecule has 0 amide bonds. The number of hydrogen-bond acceptors (Lipinski definition) is 5. The molecular weight excluding hydrogens is 232 g/mol. The van der Waals surface area contributed by atoms with Crippen LogP contribution in [0.4, 0.5) is 0 Å². The van der Waals surface area contributed by atoms with E-state index in [1.807, 2.05) is 5.38 Å². The lowest BCUT2D eigenvalue weighted by molar-refractivity contribution is 0.462. The molecule has 1 aliphatic heterocycles. The first-order valence-corrected chi connectivity index (χ1v) is 7.68. The third-order valence-electron chi connectivity index (χ3n) is 2.58. The van der Waals surface area contributed by atoms with E-state index in [9.17, 15) is 8.42 Å². The Morgan fingerprint density at radius 1 is 1.47 bits per heavy atom. The van der Waals surface area contributed by atoms with Crippen molar-refractivity contribution in [2.24, 2.45) is 0 Å². The second kappa shape index (κ2) is 4.59. The molecular formula is C9H14N2O2S2. The SMILES string of the molecule is O=S1(=O)CCC(NCc2nccs2)CC1. The van der Waals surface area contributed by atoms with Crippen molar-refractivity contribution >= 4 is 21.2 Å². The van der Waals surface area contributed by atoms with Gasteiger partial charge in [-0.05, 0) is 12.8 Å². The minimum Gasteiger partial charge on any atom is -0.308 e. The fourth-order valence-corrected chi connectivity index (χ4v) is 3.72. The maximum atomic E-state index is 11.2. The lowest BCUT2D eigenvalue weighted by Gasteiger charge is -2.22. The molecule has 0 spiro atoms. The molecule has 1 aromatic rings. The first-order chi connectivity index (χ1) is 7.16. The van der Waals surface area contributed by atoms with E-state index >= 15 is 0 Å². The van der Waals surface area contributed by atoms with E-state index in [2.05, 4.69) is 10.3 Å². The molecule has 1 fully saturated rings. The maximum Gasteiger partial charge on any atom is 0.150 e. The van der Waals surface area contributed by atoms with Crippen LogP contribution >= 0.6 is 11.3 Å².